The number of pyridine rings is 1. The van der Waals surface area contributed by atoms with Gasteiger partial charge in [-0.05, 0) is 57.5 Å². The number of hydrazone groups is 1. The van der Waals surface area contributed by atoms with E-state index >= 15 is 0 Å². The van der Waals surface area contributed by atoms with E-state index in [0.29, 0.717) is 18.0 Å². The zero-order chi connectivity index (χ0) is 21.0. The van der Waals surface area contributed by atoms with Crippen LogP contribution in [0.15, 0.2) is 41.5 Å². The number of anilines is 1. The molecule has 3 aromatic rings. The van der Waals surface area contributed by atoms with Gasteiger partial charge in [0.1, 0.15) is 11.6 Å². The fourth-order valence-electron chi connectivity index (χ4n) is 3.46. The van der Waals surface area contributed by atoms with Crippen LogP contribution in [-0.4, -0.2) is 22.9 Å². The minimum absolute atomic E-state index is 0.349. The van der Waals surface area contributed by atoms with Gasteiger partial charge in [0.15, 0.2) is 5.82 Å². The molecule has 1 N–H and O–H groups in total. The molecule has 6 heteroatoms. The maximum absolute atomic E-state index is 9.52. The van der Waals surface area contributed by atoms with Gasteiger partial charge in [0.25, 0.3) is 0 Å². The van der Waals surface area contributed by atoms with Crippen molar-refractivity contribution in [2.24, 2.45) is 5.10 Å². The van der Waals surface area contributed by atoms with Crippen LogP contribution in [0.25, 0.3) is 5.69 Å². The second-order valence-electron chi connectivity index (χ2n) is 7.06. The zero-order valence-corrected chi connectivity index (χ0v) is 17.4. The summed E-state index contributed by atoms with van der Waals surface area (Å²) in [7, 11) is 1.60. The number of hydrogen-bond donors (Lipinski definition) is 1. The first-order valence-corrected chi connectivity index (χ1v) is 9.39. The average Bonchev–Trinajstić information content (AvgIpc) is 2.95. The van der Waals surface area contributed by atoms with Crippen LogP contribution in [0.5, 0.6) is 0 Å². The Morgan fingerprint density at radius 2 is 2.00 bits per heavy atom. The number of nitrogens with zero attached hydrogens (tertiary/aromatic N) is 4. The summed E-state index contributed by atoms with van der Waals surface area (Å²) in [5.74, 6) is 0.434. The maximum Gasteiger partial charge on any atom is 0.164 e. The number of aryl methyl sites for hydroxylation is 3. The van der Waals surface area contributed by atoms with Crippen molar-refractivity contribution in [2.45, 2.75) is 34.3 Å². The molecular weight excluding hydrogens is 362 g/mol. The molecule has 0 amide bonds. The molecule has 0 bridgehead atoms. The van der Waals surface area contributed by atoms with Crippen LogP contribution in [0.1, 0.15) is 39.3 Å². The predicted octanol–water partition coefficient (Wildman–Crippen LogP) is 4.57. The summed E-state index contributed by atoms with van der Waals surface area (Å²) in [6.45, 7) is 8.46. The first-order valence-electron chi connectivity index (χ1n) is 9.39. The summed E-state index contributed by atoms with van der Waals surface area (Å²) in [6.07, 6.45) is 1.76. The maximum atomic E-state index is 9.52. The van der Waals surface area contributed by atoms with Gasteiger partial charge in [-0.3, -0.25) is 5.43 Å². The lowest BCUT2D eigenvalue weighted by Gasteiger charge is -2.10. The third-order valence-corrected chi connectivity index (χ3v) is 4.75. The first kappa shape index (κ1) is 20.3. The number of ether oxygens (including phenoxy) is 1. The minimum atomic E-state index is 0.349. The minimum Gasteiger partial charge on any atom is -0.380 e. The molecule has 6 nitrogen and oxygen atoms in total. The molecule has 2 aromatic heterocycles. The van der Waals surface area contributed by atoms with Crippen LogP contribution in [0.2, 0.25) is 0 Å². The van der Waals surface area contributed by atoms with Crippen LogP contribution >= 0.6 is 0 Å². The normalized spacial score (nSPS) is 11.0. The molecule has 3 rings (SSSR count). The van der Waals surface area contributed by atoms with E-state index in [4.69, 9.17) is 4.74 Å². The highest BCUT2D eigenvalue weighted by molar-refractivity contribution is 5.83. The second kappa shape index (κ2) is 8.72. The molecule has 0 aliphatic carbocycles. The standard InChI is InChI=1S/C23H25N5O/c1-15-7-6-8-21(9-15)28-17(3)11-19(18(28)4)13-25-27-23-22(12-24)20(14-29-5)10-16(2)26-23/h6-11,13H,14H2,1-5H3,(H,26,27)/b25-13-. The van der Waals surface area contributed by atoms with Crippen molar-refractivity contribution in [3.8, 4) is 11.8 Å². The van der Waals surface area contributed by atoms with E-state index in [0.717, 1.165) is 33.9 Å². The second-order valence-corrected chi connectivity index (χ2v) is 7.06. The first-order chi connectivity index (χ1) is 13.9. The number of aromatic nitrogens is 2. The number of rotatable bonds is 6. The van der Waals surface area contributed by atoms with Crippen LogP contribution < -0.4 is 5.43 Å². The largest absolute Gasteiger partial charge is 0.380 e. The van der Waals surface area contributed by atoms with Crippen molar-refractivity contribution < 1.29 is 4.74 Å². The Morgan fingerprint density at radius 3 is 2.69 bits per heavy atom. The van der Waals surface area contributed by atoms with E-state index in [-0.39, 0.29) is 0 Å². The highest BCUT2D eigenvalue weighted by atomic mass is 16.5. The number of nitriles is 1. The molecule has 29 heavy (non-hydrogen) atoms. The van der Waals surface area contributed by atoms with Crippen molar-refractivity contribution in [3.63, 3.8) is 0 Å². The molecule has 0 spiro atoms. The predicted molar refractivity (Wildman–Crippen MR) is 116 cm³/mol. The third-order valence-electron chi connectivity index (χ3n) is 4.75. The molecule has 0 fully saturated rings. The monoisotopic (exact) mass is 387 g/mol. The van der Waals surface area contributed by atoms with Gasteiger partial charge in [-0.15, -0.1) is 0 Å². The molecule has 0 aliphatic rings. The van der Waals surface area contributed by atoms with E-state index in [9.17, 15) is 5.26 Å². The SMILES string of the molecule is COCc1cc(C)nc(N/N=C\c2cc(C)n(-c3cccc(C)c3)c2C)c1C#N. The Balaban J connectivity index is 1.89. The number of methoxy groups -OCH3 is 1. The van der Waals surface area contributed by atoms with E-state index in [1.165, 1.54) is 5.56 Å². The number of benzene rings is 1. The molecule has 1 aromatic carbocycles. The molecular formula is C23H25N5O. The van der Waals surface area contributed by atoms with Crippen LogP contribution in [0, 0.1) is 39.0 Å². The van der Waals surface area contributed by atoms with Crippen molar-refractivity contribution in [1.82, 2.24) is 9.55 Å². The summed E-state index contributed by atoms with van der Waals surface area (Å²) in [4.78, 5) is 4.41. The summed E-state index contributed by atoms with van der Waals surface area (Å²) >= 11 is 0. The van der Waals surface area contributed by atoms with Gasteiger partial charge in [0.2, 0.25) is 0 Å². The molecule has 0 saturated carbocycles. The fourth-order valence-corrected chi connectivity index (χ4v) is 3.46. The fraction of sp³-hybridized carbons (Fsp3) is 0.261. The summed E-state index contributed by atoms with van der Waals surface area (Å²) in [5, 5.41) is 13.9. The topological polar surface area (TPSA) is 75.2 Å². The smallest absolute Gasteiger partial charge is 0.164 e. The van der Waals surface area contributed by atoms with Gasteiger partial charge < -0.3 is 9.30 Å². The van der Waals surface area contributed by atoms with Gasteiger partial charge in [-0.2, -0.15) is 10.4 Å². The lowest BCUT2D eigenvalue weighted by Crippen LogP contribution is -2.04. The van der Waals surface area contributed by atoms with Gasteiger partial charge in [0.05, 0.1) is 12.8 Å². The Bertz CT molecular complexity index is 1110. The van der Waals surface area contributed by atoms with Crippen molar-refractivity contribution in [3.05, 3.63) is 75.7 Å². The lowest BCUT2D eigenvalue weighted by molar-refractivity contribution is 0.184. The molecule has 0 radical (unpaired) electrons. The highest BCUT2D eigenvalue weighted by Crippen LogP contribution is 2.22. The van der Waals surface area contributed by atoms with Crippen molar-refractivity contribution in [1.29, 1.82) is 5.26 Å². The molecule has 0 atom stereocenters. The molecule has 0 unspecified atom stereocenters. The number of nitrogens with one attached hydrogen (secondary N) is 1. The summed E-state index contributed by atoms with van der Waals surface area (Å²) < 4.78 is 7.39. The quantitative estimate of drug-likeness (QED) is 0.497. The Morgan fingerprint density at radius 1 is 1.21 bits per heavy atom. The van der Waals surface area contributed by atoms with Gasteiger partial charge in [-0.1, -0.05) is 12.1 Å². The van der Waals surface area contributed by atoms with Crippen molar-refractivity contribution >= 4 is 12.0 Å². The van der Waals surface area contributed by atoms with Crippen LogP contribution in [0.3, 0.4) is 0 Å². The van der Waals surface area contributed by atoms with E-state index in [1.807, 2.05) is 13.0 Å². The van der Waals surface area contributed by atoms with Gasteiger partial charge in [-0.25, -0.2) is 4.98 Å². The van der Waals surface area contributed by atoms with Gasteiger partial charge >= 0.3 is 0 Å². The zero-order valence-electron chi connectivity index (χ0n) is 17.4. The van der Waals surface area contributed by atoms with E-state index < -0.39 is 0 Å². The van der Waals surface area contributed by atoms with Gasteiger partial charge in [0, 0.05) is 41.0 Å². The summed E-state index contributed by atoms with van der Waals surface area (Å²) in [6, 6.07) is 14.5. The Hall–Kier alpha value is -3.43. The van der Waals surface area contributed by atoms with E-state index in [1.54, 1.807) is 13.3 Å². The molecule has 0 saturated heterocycles. The van der Waals surface area contributed by atoms with Crippen LogP contribution in [0.4, 0.5) is 5.82 Å². The summed E-state index contributed by atoms with van der Waals surface area (Å²) in [5.41, 5.74) is 10.5. The molecule has 2 heterocycles. The number of hydrogen-bond acceptors (Lipinski definition) is 5. The molecule has 148 valence electrons. The molecule has 0 aliphatic heterocycles. The van der Waals surface area contributed by atoms with E-state index in [2.05, 4.69) is 77.3 Å². The lowest BCUT2D eigenvalue weighted by atomic mass is 10.1. The van der Waals surface area contributed by atoms with Crippen LogP contribution in [-0.2, 0) is 11.3 Å². The average molecular weight is 387 g/mol. The van der Waals surface area contributed by atoms with Crippen molar-refractivity contribution in [2.75, 3.05) is 12.5 Å². The third kappa shape index (κ3) is 4.36. The Kier molecular flexibility index (Phi) is 6.10. The highest BCUT2D eigenvalue weighted by Gasteiger charge is 2.12. The Labute approximate surface area is 171 Å².